The average molecular weight is 536 g/mol. The number of carbonyl (C=O) groups is 1. The van der Waals surface area contributed by atoms with E-state index in [2.05, 4.69) is 24.2 Å². The molecule has 8 heteroatoms. The van der Waals surface area contributed by atoms with E-state index in [1.807, 2.05) is 34.5 Å². The third-order valence-electron chi connectivity index (χ3n) is 7.13. The molecule has 0 unspecified atom stereocenters. The van der Waals surface area contributed by atoms with Crippen LogP contribution in [-0.2, 0) is 11.2 Å². The monoisotopic (exact) mass is 535 g/mol. The van der Waals surface area contributed by atoms with E-state index < -0.39 is 0 Å². The van der Waals surface area contributed by atoms with Gasteiger partial charge in [0.1, 0.15) is 11.4 Å². The molecule has 0 N–H and O–H groups in total. The Morgan fingerprint density at radius 1 is 1.06 bits per heavy atom. The summed E-state index contributed by atoms with van der Waals surface area (Å²) in [6.07, 6.45) is 2.55. The smallest absolute Gasteiger partial charge is 0.250 e. The van der Waals surface area contributed by atoms with Crippen molar-refractivity contribution in [3.63, 3.8) is 0 Å². The molecule has 2 aromatic carbocycles. The highest BCUT2D eigenvalue weighted by molar-refractivity contribution is 7.10. The van der Waals surface area contributed by atoms with Crippen LogP contribution in [0.3, 0.4) is 0 Å². The van der Waals surface area contributed by atoms with Crippen LogP contribution in [-0.4, -0.2) is 34.0 Å². The van der Waals surface area contributed by atoms with Gasteiger partial charge in [-0.25, -0.2) is 4.98 Å². The largest absolute Gasteiger partial charge is 0.354 e. The predicted octanol–water partition coefficient (Wildman–Crippen LogP) is 7.51. The lowest BCUT2D eigenvalue weighted by molar-refractivity contribution is -0.128. The van der Waals surface area contributed by atoms with Crippen LogP contribution in [0.2, 0.25) is 10.0 Å². The average Bonchev–Trinajstić information content (AvgIpc) is 3.65. The molecule has 1 fully saturated rings. The first-order chi connectivity index (χ1) is 17.5. The van der Waals surface area contributed by atoms with Crippen LogP contribution in [0.1, 0.15) is 41.8 Å². The SMILES string of the molecule is CC1=C(C(=O)N2CCC(c3nc(-c4cc(-c5ccc(Cl)c(Cl)c5)no4)cs3)CC2)Cc2ccccc21. The Morgan fingerprint density at radius 2 is 1.86 bits per heavy atom. The number of amides is 1. The molecule has 3 heterocycles. The van der Waals surface area contributed by atoms with Crippen LogP contribution in [0.15, 0.2) is 64.0 Å². The molecule has 4 aromatic rings. The number of fused-ring (bicyclic) bond motifs is 1. The van der Waals surface area contributed by atoms with Crippen LogP contribution in [0.4, 0.5) is 0 Å². The van der Waals surface area contributed by atoms with E-state index in [4.69, 9.17) is 32.7 Å². The summed E-state index contributed by atoms with van der Waals surface area (Å²) in [5, 5.41) is 8.25. The molecule has 2 aliphatic rings. The van der Waals surface area contributed by atoms with Crippen LogP contribution in [0.25, 0.3) is 28.3 Å². The Bertz CT molecular complexity index is 1500. The minimum Gasteiger partial charge on any atom is -0.354 e. The molecule has 0 radical (unpaired) electrons. The fraction of sp³-hybridized carbons (Fsp3) is 0.250. The lowest BCUT2D eigenvalue weighted by Crippen LogP contribution is -2.38. The molecule has 1 saturated heterocycles. The lowest BCUT2D eigenvalue weighted by Gasteiger charge is -2.31. The van der Waals surface area contributed by atoms with Crippen molar-refractivity contribution < 1.29 is 9.32 Å². The maximum absolute atomic E-state index is 13.3. The molecule has 36 heavy (non-hydrogen) atoms. The number of nitrogens with zero attached hydrogens (tertiary/aromatic N) is 3. The van der Waals surface area contributed by atoms with Crippen LogP contribution >= 0.6 is 34.5 Å². The molecule has 182 valence electrons. The van der Waals surface area contributed by atoms with Crippen molar-refractivity contribution in [2.75, 3.05) is 13.1 Å². The fourth-order valence-corrected chi connectivity index (χ4v) is 6.34. The van der Waals surface area contributed by atoms with Gasteiger partial charge in [-0.1, -0.05) is 58.7 Å². The standard InChI is InChI=1S/C28H23Cl2N3O2S/c1-16-20-5-3-2-4-18(20)12-21(16)28(34)33-10-8-17(9-11-33)27-31-25(15-36-27)26-14-24(32-35-26)19-6-7-22(29)23(30)13-19/h2-7,13-15,17H,8-12H2,1H3. The van der Waals surface area contributed by atoms with E-state index in [9.17, 15) is 4.79 Å². The van der Waals surface area contributed by atoms with E-state index >= 15 is 0 Å². The van der Waals surface area contributed by atoms with Crippen molar-refractivity contribution in [3.8, 4) is 22.7 Å². The Balaban J connectivity index is 1.11. The molecule has 1 aliphatic heterocycles. The Kier molecular flexibility index (Phi) is 6.20. The van der Waals surface area contributed by atoms with Gasteiger partial charge in [-0.15, -0.1) is 11.3 Å². The normalized spacial score (nSPS) is 16.0. The van der Waals surface area contributed by atoms with Gasteiger partial charge < -0.3 is 9.42 Å². The lowest BCUT2D eigenvalue weighted by atomic mass is 9.96. The predicted molar refractivity (Wildman–Crippen MR) is 144 cm³/mol. The quantitative estimate of drug-likeness (QED) is 0.271. The summed E-state index contributed by atoms with van der Waals surface area (Å²) in [7, 11) is 0. The molecule has 5 nitrogen and oxygen atoms in total. The summed E-state index contributed by atoms with van der Waals surface area (Å²) in [5.41, 5.74) is 6.81. The summed E-state index contributed by atoms with van der Waals surface area (Å²) in [6, 6.07) is 15.6. The van der Waals surface area contributed by atoms with Gasteiger partial charge in [0, 0.05) is 48.0 Å². The molecule has 0 saturated carbocycles. The topological polar surface area (TPSA) is 59.2 Å². The number of thiazole rings is 1. The second-order valence-corrected chi connectivity index (χ2v) is 11.0. The molecule has 2 aromatic heterocycles. The number of rotatable bonds is 4. The highest BCUT2D eigenvalue weighted by Gasteiger charge is 2.31. The summed E-state index contributed by atoms with van der Waals surface area (Å²) >= 11 is 13.8. The maximum Gasteiger partial charge on any atom is 0.250 e. The molecule has 1 aliphatic carbocycles. The summed E-state index contributed by atoms with van der Waals surface area (Å²) < 4.78 is 5.58. The number of likely N-dealkylation sites (tertiary alicyclic amines) is 1. The van der Waals surface area contributed by atoms with Gasteiger partial charge in [0.15, 0.2) is 5.76 Å². The van der Waals surface area contributed by atoms with Gasteiger partial charge in [-0.05, 0) is 48.6 Å². The number of allylic oxidation sites excluding steroid dienone is 1. The molecule has 6 rings (SSSR count). The van der Waals surface area contributed by atoms with Crippen molar-refractivity contribution >= 4 is 46.0 Å². The second kappa shape index (κ2) is 9.51. The third-order valence-corrected chi connectivity index (χ3v) is 8.88. The van der Waals surface area contributed by atoms with Crippen molar-refractivity contribution in [3.05, 3.63) is 85.7 Å². The molecular weight excluding hydrogens is 513 g/mol. The fourth-order valence-electron chi connectivity index (χ4n) is 5.06. The first kappa shape index (κ1) is 23.5. The second-order valence-electron chi connectivity index (χ2n) is 9.28. The van der Waals surface area contributed by atoms with Crippen molar-refractivity contribution in [2.45, 2.75) is 32.1 Å². The zero-order valence-electron chi connectivity index (χ0n) is 19.6. The van der Waals surface area contributed by atoms with Gasteiger partial charge in [-0.2, -0.15) is 0 Å². The van der Waals surface area contributed by atoms with Crippen LogP contribution < -0.4 is 0 Å². The van der Waals surface area contributed by atoms with Crippen molar-refractivity contribution in [2.24, 2.45) is 0 Å². The molecular formula is C28H23Cl2N3O2S. The number of hydrogen-bond donors (Lipinski definition) is 0. The van der Waals surface area contributed by atoms with E-state index in [0.717, 1.165) is 59.8 Å². The molecule has 1 amide bonds. The molecule has 0 bridgehead atoms. The number of halogens is 2. The van der Waals surface area contributed by atoms with E-state index in [1.54, 1.807) is 23.5 Å². The third kappa shape index (κ3) is 4.27. The minimum absolute atomic E-state index is 0.179. The van der Waals surface area contributed by atoms with E-state index in [-0.39, 0.29) is 5.91 Å². The van der Waals surface area contributed by atoms with Crippen LogP contribution in [0, 0.1) is 0 Å². The van der Waals surface area contributed by atoms with Crippen molar-refractivity contribution in [1.29, 1.82) is 0 Å². The zero-order chi connectivity index (χ0) is 24.8. The Hall–Kier alpha value is -2.93. The number of piperidine rings is 1. The van der Waals surface area contributed by atoms with Gasteiger partial charge >= 0.3 is 0 Å². The highest BCUT2D eigenvalue weighted by Crippen LogP contribution is 2.37. The summed E-state index contributed by atoms with van der Waals surface area (Å²) in [4.78, 5) is 20.2. The van der Waals surface area contributed by atoms with Crippen molar-refractivity contribution in [1.82, 2.24) is 15.0 Å². The zero-order valence-corrected chi connectivity index (χ0v) is 22.0. The first-order valence-electron chi connectivity index (χ1n) is 11.9. The highest BCUT2D eigenvalue weighted by atomic mass is 35.5. The Morgan fingerprint density at radius 3 is 2.64 bits per heavy atom. The van der Waals surface area contributed by atoms with E-state index in [1.165, 1.54) is 11.1 Å². The van der Waals surface area contributed by atoms with Crippen LogP contribution in [0.5, 0.6) is 0 Å². The number of benzene rings is 2. The minimum atomic E-state index is 0.179. The first-order valence-corrected chi connectivity index (χ1v) is 13.6. The summed E-state index contributed by atoms with van der Waals surface area (Å²) in [5.74, 6) is 1.13. The molecule has 0 atom stereocenters. The summed E-state index contributed by atoms with van der Waals surface area (Å²) in [6.45, 7) is 3.56. The number of hydrogen-bond acceptors (Lipinski definition) is 5. The van der Waals surface area contributed by atoms with Gasteiger partial charge in [-0.3, -0.25) is 4.79 Å². The van der Waals surface area contributed by atoms with E-state index in [0.29, 0.717) is 27.4 Å². The Labute approximate surface area is 223 Å². The van der Waals surface area contributed by atoms with Gasteiger partial charge in [0.25, 0.3) is 0 Å². The maximum atomic E-state index is 13.3. The van der Waals surface area contributed by atoms with Gasteiger partial charge in [0.2, 0.25) is 5.91 Å². The number of aromatic nitrogens is 2. The number of carbonyl (C=O) groups excluding carboxylic acids is 1. The van der Waals surface area contributed by atoms with Gasteiger partial charge in [0.05, 0.1) is 15.1 Å². The molecule has 0 spiro atoms.